The zero-order chi connectivity index (χ0) is 12.8. The molecule has 0 fully saturated rings. The number of urea groups is 1. The maximum Gasteiger partial charge on any atom is 0.323 e. The SMILES string of the molecule is C=Cc1ccc(NC(=O)Nc2ccccc2)cc1. The van der Waals surface area contributed by atoms with Gasteiger partial charge in [0.15, 0.2) is 0 Å². The summed E-state index contributed by atoms with van der Waals surface area (Å²) in [5, 5.41) is 5.51. The lowest BCUT2D eigenvalue weighted by Crippen LogP contribution is -2.19. The number of carbonyl (C=O) groups excluding carboxylic acids is 1. The van der Waals surface area contributed by atoms with Gasteiger partial charge in [0.25, 0.3) is 0 Å². The van der Waals surface area contributed by atoms with Gasteiger partial charge in [-0.3, -0.25) is 0 Å². The van der Waals surface area contributed by atoms with Crippen molar-refractivity contribution in [3.63, 3.8) is 0 Å². The van der Waals surface area contributed by atoms with Crippen LogP contribution in [0.4, 0.5) is 16.2 Å². The van der Waals surface area contributed by atoms with Crippen molar-refractivity contribution in [2.75, 3.05) is 10.6 Å². The van der Waals surface area contributed by atoms with Crippen LogP contribution in [0, 0.1) is 0 Å². The van der Waals surface area contributed by atoms with Crippen LogP contribution in [-0.4, -0.2) is 6.03 Å². The van der Waals surface area contributed by atoms with Crippen molar-refractivity contribution in [2.45, 2.75) is 0 Å². The molecule has 0 aliphatic rings. The Balaban J connectivity index is 1.96. The third-order valence-corrected chi connectivity index (χ3v) is 2.44. The van der Waals surface area contributed by atoms with Gasteiger partial charge in [-0.15, -0.1) is 0 Å². The van der Waals surface area contributed by atoms with Crippen LogP contribution in [0.3, 0.4) is 0 Å². The van der Waals surface area contributed by atoms with Gasteiger partial charge in [-0.05, 0) is 29.8 Å². The zero-order valence-electron chi connectivity index (χ0n) is 9.89. The molecule has 3 nitrogen and oxygen atoms in total. The highest BCUT2D eigenvalue weighted by atomic mass is 16.2. The molecule has 2 aromatic rings. The molecule has 0 heterocycles. The minimum atomic E-state index is -0.257. The van der Waals surface area contributed by atoms with Crippen LogP contribution < -0.4 is 10.6 Å². The molecule has 0 aromatic heterocycles. The van der Waals surface area contributed by atoms with E-state index in [0.717, 1.165) is 16.9 Å². The van der Waals surface area contributed by atoms with Crippen molar-refractivity contribution in [1.29, 1.82) is 0 Å². The van der Waals surface area contributed by atoms with Crippen LogP contribution in [0.15, 0.2) is 61.2 Å². The summed E-state index contributed by atoms with van der Waals surface area (Å²) in [6.07, 6.45) is 1.76. The topological polar surface area (TPSA) is 41.1 Å². The second-order valence-corrected chi connectivity index (χ2v) is 3.77. The molecule has 90 valence electrons. The second kappa shape index (κ2) is 5.68. The number of hydrogen-bond donors (Lipinski definition) is 2. The van der Waals surface area contributed by atoms with Crippen LogP contribution in [0.5, 0.6) is 0 Å². The lowest BCUT2D eigenvalue weighted by molar-refractivity contribution is 0.262. The fraction of sp³-hybridized carbons (Fsp3) is 0. The molecule has 2 amide bonds. The molecule has 18 heavy (non-hydrogen) atoms. The van der Waals surface area contributed by atoms with E-state index in [1.165, 1.54) is 0 Å². The van der Waals surface area contributed by atoms with E-state index < -0.39 is 0 Å². The number of amides is 2. The van der Waals surface area contributed by atoms with E-state index in [1.807, 2.05) is 54.6 Å². The van der Waals surface area contributed by atoms with Gasteiger partial charge < -0.3 is 10.6 Å². The highest BCUT2D eigenvalue weighted by Crippen LogP contribution is 2.11. The molecule has 3 heteroatoms. The van der Waals surface area contributed by atoms with Gasteiger partial charge in [0.2, 0.25) is 0 Å². The number of hydrogen-bond acceptors (Lipinski definition) is 1. The lowest BCUT2D eigenvalue weighted by Gasteiger charge is -2.07. The Morgan fingerprint density at radius 3 is 2.00 bits per heavy atom. The summed E-state index contributed by atoms with van der Waals surface area (Å²) in [5.41, 5.74) is 2.52. The standard InChI is InChI=1S/C15H14N2O/c1-2-12-8-10-14(11-9-12)17-15(18)16-13-6-4-3-5-7-13/h2-11H,1H2,(H2,16,17,18). The van der Waals surface area contributed by atoms with E-state index in [9.17, 15) is 4.79 Å². The first-order chi connectivity index (χ1) is 8.78. The lowest BCUT2D eigenvalue weighted by atomic mass is 10.2. The van der Waals surface area contributed by atoms with E-state index in [-0.39, 0.29) is 6.03 Å². The van der Waals surface area contributed by atoms with Crippen molar-refractivity contribution >= 4 is 23.5 Å². The molecule has 0 radical (unpaired) electrons. The molecule has 0 spiro atoms. The molecule has 2 N–H and O–H groups in total. The van der Waals surface area contributed by atoms with Crippen molar-refractivity contribution in [1.82, 2.24) is 0 Å². The molecular weight excluding hydrogens is 224 g/mol. The van der Waals surface area contributed by atoms with Crippen LogP contribution >= 0.6 is 0 Å². The number of anilines is 2. The van der Waals surface area contributed by atoms with E-state index >= 15 is 0 Å². The Morgan fingerprint density at radius 1 is 0.889 bits per heavy atom. The molecule has 0 aliphatic carbocycles. The summed E-state index contributed by atoms with van der Waals surface area (Å²) in [6.45, 7) is 3.68. The van der Waals surface area contributed by atoms with E-state index in [4.69, 9.17) is 0 Å². The highest BCUT2D eigenvalue weighted by molar-refractivity contribution is 5.99. The average Bonchev–Trinajstić information content (AvgIpc) is 2.40. The predicted octanol–water partition coefficient (Wildman–Crippen LogP) is 3.97. The number of para-hydroxylation sites is 1. The normalized spacial score (nSPS) is 9.56. The van der Waals surface area contributed by atoms with Gasteiger partial charge >= 0.3 is 6.03 Å². The maximum absolute atomic E-state index is 11.7. The maximum atomic E-state index is 11.7. The monoisotopic (exact) mass is 238 g/mol. The summed E-state index contributed by atoms with van der Waals surface area (Å²) in [7, 11) is 0. The van der Waals surface area contributed by atoms with Gasteiger partial charge in [0, 0.05) is 11.4 Å². The highest BCUT2D eigenvalue weighted by Gasteiger charge is 2.01. The van der Waals surface area contributed by atoms with Crippen molar-refractivity contribution in [3.05, 3.63) is 66.7 Å². The van der Waals surface area contributed by atoms with E-state index in [0.29, 0.717) is 0 Å². The first kappa shape index (κ1) is 11.9. The Morgan fingerprint density at radius 2 is 1.44 bits per heavy atom. The van der Waals surface area contributed by atoms with Crippen molar-refractivity contribution < 1.29 is 4.79 Å². The molecule has 0 saturated heterocycles. The molecule has 0 atom stereocenters. The number of carbonyl (C=O) groups is 1. The Hall–Kier alpha value is -2.55. The first-order valence-electron chi connectivity index (χ1n) is 5.63. The first-order valence-corrected chi connectivity index (χ1v) is 5.63. The summed E-state index contributed by atoms with van der Waals surface area (Å²) in [4.78, 5) is 11.7. The molecule has 2 rings (SSSR count). The Kier molecular flexibility index (Phi) is 3.76. The Bertz CT molecular complexity index is 532. The fourth-order valence-corrected chi connectivity index (χ4v) is 1.52. The van der Waals surface area contributed by atoms with E-state index in [2.05, 4.69) is 17.2 Å². The zero-order valence-corrected chi connectivity index (χ0v) is 9.89. The molecule has 0 bridgehead atoms. The van der Waals surface area contributed by atoms with Crippen molar-refractivity contribution in [3.8, 4) is 0 Å². The van der Waals surface area contributed by atoms with Gasteiger partial charge in [-0.1, -0.05) is 43.0 Å². The summed E-state index contributed by atoms with van der Waals surface area (Å²) < 4.78 is 0. The molecule has 0 saturated carbocycles. The number of benzene rings is 2. The summed E-state index contributed by atoms with van der Waals surface area (Å²) in [5.74, 6) is 0. The minimum Gasteiger partial charge on any atom is -0.308 e. The van der Waals surface area contributed by atoms with Crippen molar-refractivity contribution in [2.24, 2.45) is 0 Å². The fourth-order valence-electron chi connectivity index (χ4n) is 1.52. The summed E-state index contributed by atoms with van der Waals surface area (Å²) in [6, 6.07) is 16.5. The van der Waals surface area contributed by atoms with Crippen LogP contribution in [0.25, 0.3) is 6.08 Å². The van der Waals surface area contributed by atoms with Crippen LogP contribution in [0.1, 0.15) is 5.56 Å². The third kappa shape index (κ3) is 3.22. The average molecular weight is 238 g/mol. The molecular formula is C15H14N2O. The third-order valence-electron chi connectivity index (χ3n) is 2.44. The number of rotatable bonds is 3. The molecule has 0 aliphatic heterocycles. The molecule has 0 unspecified atom stereocenters. The summed E-state index contributed by atoms with van der Waals surface area (Å²) >= 11 is 0. The van der Waals surface area contributed by atoms with E-state index in [1.54, 1.807) is 6.08 Å². The minimum absolute atomic E-state index is 0.257. The number of nitrogens with one attached hydrogen (secondary N) is 2. The smallest absolute Gasteiger partial charge is 0.308 e. The van der Waals surface area contributed by atoms with Gasteiger partial charge in [-0.2, -0.15) is 0 Å². The largest absolute Gasteiger partial charge is 0.323 e. The van der Waals surface area contributed by atoms with Crippen LogP contribution in [-0.2, 0) is 0 Å². The second-order valence-electron chi connectivity index (χ2n) is 3.77. The van der Waals surface area contributed by atoms with Crippen LogP contribution in [0.2, 0.25) is 0 Å². The molecule has 2 aromatic carbocycles. The van der Waals surface area contributed by atoms with Gasteiger partial charge in [0.05, 0.1) is 0 Å². The van der Waals surface area contributed by atoms with Gasteiger partial charge in [-0.25, -0.2) is 4.79 Å². The quantitative estimate of drug-likeness (QED) is 0.834. The predicted molar refractivity (Wildman–Crippen MR) is 75.6 cm³/mol. The van der Waals surface area contributed by atoms with Gasteiger partial charge in [0.1, 0.15) is 0 Å². The Labute approximate surface area is 106 Å².